The van der Waals surface area contributed by atoms with Crippen molar-refractivity contribution in [2.75, 3.05) is 0 Å². The van der Waals surface area contributed by atoms with Crippen molar-refractivity contribution in [2.24, 2.45) is 0 Å². The number of hydrogen-bond acceptors (Lipinski definition) is 3. The van der Waals surface area contributed by atoms with Crippen LogP contribution < -0.4 is 4.72 Å². The van der Waals surface area contributed by atoms with Gasteiger partial charge in [-0.1, -0.05) is 30.1 Å². The molecule has 1 aromatic rings. The Morgan fingerprint density at radius 1 is 1.42 bits per heavy atom. The molecule has 0 aliphatic rings. The number of hydrogen-bond donors (Lipinski definition) is 2. The third-order valence-electron chi connectivity index (χ3n) is 2.42. The lowest BCUT2D eigenvalue weighted by Gasteiger charge is -2.15. The van der Waals surface area contributed by atoms with Gasteiger partial charge in [-0.25, -0.2) is 13.1 Å². The zero-order chi connectivity index (χ0) is 14.6. The SMILES string of the molecule is CCC(CC(=O)O)NS(=O)(=O)c1cc(Cl)ccc1Cl. The summed E-state index contributed by atoms with van der Waals surface area (Å²) >= 11 is 11.6. The fourth-order valence-electron chi connectivity index (χ4n) is 1.45. The highest BCUT2D eigenvalue weighted by Gasteiger charge is 2.23. The first-order chi connectivity index (χ1) is 8.76. The average Bonchev–Trinajstić information content (AvgIpc) is 2.30. The molecular weight excluding hydrogens is 313 g/mol. The molecule has 0 aliphatic heterocycles. The van der Waals surface area contributed by atoms with Crippen molar-refractivity contribution in [1.82, 2.24) is 4.72 Å². The lowest BCUT2D eigenvalue weighted by Crippen LogP contribution is -2.36. The quantitative estimate of drug-likeness (QED) is 0.841. The summed E-state index contributed by atoms with van der Waals surface area (Å²) in [6, 6.07) is 3.37. The molecule has 8 heteroatoms. The zero-order valence-electron chi connectivity index (χ0n) is 10.1. The third kappa shape index (κ3) is 4.65. The Morgan fingerprint density at radius 2 is 2.05 bits per heavy atom. The van der Waals surface area contributed by atoms with Crippen LogP contribution in [0, 0.1) is 0 Å². The van der Waals surface area contributed by atoms with Gasteiger partial charge in [-0.05, 0) is 24.6 Å². The first-order valence-corrected chi connectivity index (χ1v) is 7.69. The number of rotatable bonds is 6. The Kier molecular flexibility index (Phi) is 5.61. The maximum absolute atomic E-state index is 12.1. The van der Waals surface area contributed by atoms with Gasteiger partial charge in [0.05, 0.1) is 11.4 Å². The zero-order valence-corrected chi connectivity index (χ0v) is 12.4. The molecule has 1 atom stereocenters. The summed E-state index contributed by atoms with van der Waals surface area (Å²) in [6.45, 7) is 1.69. The van der Waals surface area contributed by atoms with E-state index in [9.17, 15) is 13.2 Å². The van der Waals surface area contributed by atoms with Crippen molar-refractivity contribution >= 4 is 39.2 Å². The maximum Gasteiger partial charge on any atom is 0.304 e. The van der Waals surface area contributed by atoms with E-state index in [1.54, 1.807) is 6.92 Å². The maximum atomic E-state index is 12.1. The number of carbonyl (C=O) groups is 1. The molecular formula is C11H13Cl2NO4S. The molecule has 0 saturated carbocycles. The highest BCUT2D eigenvalue weighted by molar-refractivity contribution is 7.89. The molecule has 2 N–H and O–H groups in total. The molecule has 0 bridgehead atoms. The second-order valence-electron chi connectivity index (χ2n) is 3.90. The molecule has 5 nitrogen and oxygen atoms in total. The van der Waals surface area contributed by atoms with Crippen molar-refractivity contribution < 1.29 is 18.3 Å². The number of carboxylic acid groups (broad SMARTS) is 1. The highest BCUT2D eigenvalue weighted by Crippen LogP contribution is 2.25. The minimum absolute atomic E-state index is 0.0297. The van der Waals surface area contributed by atoms with E-state index in [0.717, 1.165) is 0 Å². The molecule has 0 heterocycles. The van der Waals surface area contributed by atoms with Crippen LogP contribution in [0.25, 0.3) is 0 Å². The Labute approximate surface area is 121 Å². The van der Waals surface area contributed by atoms with Gasteiger partial charge in [-0.2, -0.15) is 0 Å². The van der Waals surface area contributed by atoms with Crippen molar-refractivity contribution in [3.63, 3.8) is 0 Å². The predicted molar refractivity (Wildman–Crippen MR) is 73.1 cm³/mol. The topological polar surface area (TPSA) is 83.5 Å². The number of sulfonamides is 1. The summed E-state index contributed by atoms with van der Waals surface area (Å²) in [5.74, 6) is -1.08. The van der Waals surface area contributed by atoms with E-state index in [-0.39, 0.29) is 21.4 Å². The lowest BCUT2D eigenvalue weighted by atomic mass is 10.2. The first-order valence-electron chi connectivity index (χ1n) is 5.45. The molecule has 1 rings (SSSR count). The van der Waals surface area contributed by atoms with Gasteiger partial charge in [-0.15, -0.1) is 0 Å². The van der Waals surface area contributed by atoms with Crippen LogP contribution in [0.15, 0.2) is 23.1 Å². The molecule has 0 aliphatic carbocycles. The first kappa shape index (κ1) is 16.2. The van der Waals surface area contributed by atoms with Gasteiger partial charge < -0.3 is 5.11 Å². The molecule has 0 aromatic heterocycles. The van der Waals surface area contributed by atoms with Crippen molar-refractivity contribution in [3.05, 3.63) is 28.2 Å². The van der Waals surface area contributed by atoms with E-state index >= 15 is 0 Å². The summed E-state index contributed by atoms with van der Waals surface area (Å²) < 4.78 is 26.5. The van der Waals surface area contributed by atoms with Gasteiger partial charge in [0.1, 0.15) is 4.90 Å². The second-order valence-corrected chi connectivity index (χ2v) is 6.43. The molecule has 1 unspecified atom stereocenters. The Balaban J connectivity index is 3.03. The van der Waals surface area contributed by atoms with Gasteiger partial charge in [0, 0.05) is 11.1 Å². The van der Waals surface area contributed by atoms with Crippen LogP contribution in [0.3, 0.4) is 0 Å². The van der Waals surface area contributed by atoms with Crippen molar-refractivity contribution in [1.29, 1.82) is 0 Å². The van der Waals surface area contributed by atoms with E-state index in [1.165, 1.54) is 18.2 Å². The van der Waals surface area contributed by atoms with Crippen LogP contribution in [0.5, 0.6) is 0 Å². The summed E-state index contributed by atoms with van der Waals surface area (Å²) in [4.78, 5) is 10.5. The van der Waals surface area contributed by atoms with Crippen LogP contribution >= 0.6 is 23.2 Å². The Morgan fingerprint density at radius 3 is 2.58 bits per heavy atom. The Hall–Kier alpha value is -0.820. The van der Waals surface area contributed by atoms with E-state index < -0.39 is 22.0 Å². The molecule has 19 heavy (non-hydrogen) atoms. The average molecular weight is 326 g/mol. The van der Waals surface area contributed by atoms with Crippen LogP contribution in [0.1, 0.15) is 19.8 Å². The molecule has 106 valence electrons. The minimum Gasteiger partial charge on any atom is -0.481 e. The number of aliphatic carboxylic acids is 1. The molecule has 0 saturated heterocycles. The van der Waals surface area contributed by atoms with E-state index in [0.29, 0.717) is 6.42 Å². The van der Waals surface area contributed by atoms with Gasteiger partial charge in [-0.3, -0.25) is 4.79 Å². The summed E-state index contributed by atoms with van der Waals surface area (Å²) in [7, 11) is -3.90. The van der Waals surface area contributed by atoms with Gasteiger partial charge in [0.2, 0.25) is 10.0 Å². The number of benzene rings is 1. The standard InChI is InChI=1S/C11H13Cl2NO4S/c1-2-8(6-11(15)16)14-19(17,18)10-5-7(12)3-4-9(10)13/h3-5,8,14H,2,6H2,1H3,(H,15,16). The molecule has 0 fully saturated rings. The fraction of sp³-hybridized carbons (Fsp3) is 0.364. The monoisotopic (exact) mass is 325 g/mol. The largest absolute Gasteiger partial charge is 0.481 e. The molecule has 0 radical (unpaired) electrons. The van der Waals surface area contributed by atoms with Gasteiger partial charge in [0.15, 0.2) is 0 Å². The van der Waals surface area contributed by atoms with Crippen LogP contribution in [-0.4, -0.2) is 25.5 Å². The highest BCUT2D eigenvalue weighted by atomic mass is 35.5. The number of carboxylic acids is 1. The van der Waals surface area contributed by atoms with Crippen LogP contribution in [0.2, 0.25) is 10.0 Å². The van der Waals surface area contributed by atoms with Crippen molar-refractivity contribution in [3.8, 4) is 0 Å². The Bertz CT molecular complexity index is 574. The smallest absolute Gasteiger partial charge is 0.304 e. The van der Waals surface area contributed by atoms with E-state index in [4.69, 9.17) is 28.3 Å². The van der Waals surface area contributed by atoms with E-state index in [2.05, 4.69) is 4.72 Å². The van der Waals surface area contributed by atoms with Crippen LogP contribution in [-0.2, 0) is 14.8 Å². The summed E-state index contributed by atoms with van der Waals surface area (Å²) in [6.07, 6.45) is 0.0532. The molecule has 0 spiro atoms. The summed E-state index contributed by atoms with van der Waals surface area (Å²) in [5.41, 5.74) is 0. The van der Waals surface area contributed by atoms with E-state index in [1.807, 2.05) is 0 Å². The van der Waals surface area contributed by atoms with Crippen LogP contribution in [0.4, 0.5) is 0 Å². The molecule has 1 aromatic carbocycles. The second kappa shape index (κ2) is 6.56. The third-order valence-corrected chi connectivity index (χ3v) is 4.66. The predicted octanol–water partition coefficient (Wildman–Crippen LogP) is 2.53. The van der Waals surface area contributed by atoms with Gasteiger partial charge >= 0.3 is 5.97 Å². The normalized spacial score (nSPS) is 13.2. The lowest BCUT2D eigenvalue weighted by molar-refractivity contribution is -0.137. The van der Waals surface area contributed by atoms with Crippen molar-refractivity contribution in [2.45, 2.75) is 30.7 Å². The number of nitrogens with one attached hydrogen (secondary N) is 1. The number of halogens is 2. The minimum atomic E-state index is -3.90. The molecule has 0 amide bonds. The fourth-order valence-corrected chi connectivity index (χ4v) is 3.53. The van der Waals surface area contributed by atoms with Gasteiger partial charge in [0.25, 0.3) is 0 Å². The summed E-state index contributed by atoms with van der Waals surface area (Å²) in [5, 5.41) is 8.96.